The topological polar surface area (TPSA) is 85.1 Å². The number of nitrogens with zero attached hydrogens (tertiary/aromatic N) is 2. The van der Waals surface area contributed by atoms with E-state index in [0.29, 0.717) is 10.7 Å². The average molecular weight is 353 g/mol. The number of nitro benzene ring substituents is 1. The summed E-state index contributed by atoms with van der Waals surface area (Å²) in [4.78, 5) is 27.3. The molecule has 0 radical (unpaired) electrons. The molecular weight excluding hydrogens is 338 g/mol. The van der Waals surface area contributed by atoms with Gasteiger partial charge in [-0.05, 0) is 25.5 Å². The van der Waals surface area contributed by atoms with Crippen LogP contribution in [0.3, 0.4) is 0 Å². The van der Waals surface area contributed by atoms with Crippen LogP contribution >= 0.6 is 11.3 Å². The van der Waals surface area contributed by atoms with E-state index in [-0.39, 0.29) is 11.3 Å². The second kappa shape index (κ2) is 6.82. The summed E-state index contributed by atoms with van der Waals surface area (Å²) in [6.45, 7) is 3.63. The number of carbonyl (C=O) groups is 1. The fraction of sp³-hybridized carbons (Fsp3) is 0.111. The van der Waals surface area contributed by atoms with E-state index < -0.39 is 10.8 Å². The number of rotatable bonds is 4. The first-order chi connectivity index (χ1) is 12.0. The van der Waals surface area contributed by atoms with E-state index in [0.717, 1.165) is 16.8 Å². The van der Waals surface area contributed by atoms with Gasteiger partial charge in [0.15, 0.2) is 5.13 Å². The molecule has 25 heavy (non-hydrogen) atoms. The Morgan fingerprint density at radius 2 is 1.92 bits per heavy atom. The molecular formula is C18H15N3O3S. The molecule has 0 aliphatic rings. The van der Waals surface area contributed by atoms with Gasteiger partial charge in [0, 0.05) is 28.1 Å². The average Bonchev–Trinajstić information content (AvgIpc) is 3.03. The third-order valence-corrected chi connectivity index (χ3v) is 4.57. The number of benzene rings is 2. The van der Waals surface area contributed by atoms with Crippen LogP contribution in [-0.2, 0) is 0 Å². The first-order valence-electron chi connectivity index (χ1n) is 7.53. The maximum atomic E-state index is 12.3. The summed E-state index contributed by atoms with van der Waals surface area (Å²) in [5, 5.41) is 16.0. The molecule has 0 saturated heterocycles. The number of thiazole rings is 1. The van der Waals surface area contributed by atoms with Gasteiger partial charge in [0.25, 0.3) is 11.6 Å². The van der Waals surface area contributed by atoms with Crippen molar-refractivity contribution in [2.24, 2.45) is 0 Å². The van der Waals surface area contributed by atoms with Gasteiger partial charge in [-0.1, -0.05) is 30.3 Å². The summed E-state index contributed by atoms with van der Waals surface area (Å²) >= 11 is 1.31. The standard InChI is InChI=1S/C18H15N3O3S/c1-11-5-3-4-6-14(11)15-10-25-18(19-15)20-17(22)13-8-7-12(2)16(9-13)21(23)24/h3-10H,1-2H3,(H,19,20,22). The molecule has 0 bridgehead atoms. The van der Waals surface area contributed by atoms with Gasteiger partial charge in [-0.25, -0.2) is 4.98 Å². The molecule has 0 spiro atoms. The molecule has 6 nitrogen and oxygen atoms in total. The molecule has 1 heterocycles. The SMILES string of the molecule is Cc1ccccc1-c1csc(NC(=O)c2ccc(C)c([N+](=O)[O-])c2)n1. The number of hydrogen-bond donors (Lipinski definition) is 1. The number of aromatic nitrogens is 1. The summed E-state index contributed by atoms with van der Waals surface area (Å²) in [5.74, 6) is -0.422. The lowest BCUT2D eigenvalue weighted by molar-refractivity contribution is -0.385. The van der Waals surface area contributed by atoms with Crippen LogP contribution in [0, 0.1) is 24.0 Å². The predicted molar refractivity (Wildman–Crippen MR) is 98.1 cm³/mol. The molecule has 3 aromatic rings. The largest absolute Gasteiger partial charge is 0.298 e. The van der Waals surface area contributed by atoms with E-state index in [9.17, 15) is 14.9 Å². The van der Waals surface area contributed by atoms with Crippen molar-refractivity contribution in [1.82, 2.24) is 4.98 Å². The molecule has 0 aliphatic carbocycles. The van der Waals surface area contributed by atoms with Crippen molar-refractivity contribution in [1.29, 1.82) is 0 Å². The highest BCUT2D eigenvalue weighted by Gasteiger charge is 2.16. The van der Waals surface area contributed by atoms with Crippen molar-refractivity contribution in [3.8, 4) is 11.3 Å². The van der Waals surface area contributed by atoms with Crippen molar-refractivity contribution >= 4 is 28.1 Å². The van der Waals surface area contributed by atoms with Gasteiger partial charge >= 0.3 is 0 Å². The molecule has 1 amide bonds. The first-order valence-corrected chi connectivity index (χ1v) is 8.41. The minimum absolute atomic E-state index is 0.0765. The van der Waals surface area contributed by atoms with E-state index in [2.05, 4.69) is 10.3 Å². The molecule has 1 N–H and O–H groups in total. The van der Waals surface area contributed by atoms with Gasteiger partial charge in [-0.2, -0.15) is 0 Å². The Kier molecular flexibility index (Phi) is 4.58. The van der Waals surface area contributed by atoms with Crippen LogP contribution in [0.4, 0.5) is 10.8 Å². The number of carbonyl (C=O) groups excluding carboxylic acids is 1. The van der Waals surface area contributed by atoms with Crippen molar-refractivity contribution in [2.75, 3.05) is 5.32 Å². The van der Waals surface area contributed by atoms with E-state index in [1.54, 1.807) is 19.1 Å². The zero-order chi connectivity index (χ0) is 18.0. The number of anilines is 1. The number of hydrogen-bond acceptors (Lipinski definition) is 5. The van der Waals surface area contributed by atoms with Gasteiger partial charge in [0.1, 0.15) is 0 Å². The van der Waals surface area contributed by atoms with Crippen molar-refractivity contribution in [3.05, 3.63) is 74.6 Å². The van der Waals surface area contributed by atoms with Gasteiger partial charge < -0.3 is 0 Å². The first kappa shape index (κ1) is 16.8. The zero-order valence-electron chi connectivity index (χ0n) is 13.6. The summed E-state index contributed by atoms with van der Waals surface area (Å²) < 4.78 is 0. The molecule has 1 aromatic heterocycles. The molecule has 0 fully saturated rings. The molecule has 3 rings (SSSR count). The highest BCUT2D eigenvalue weighted by molar-refractivity contribution is 7.14. The lowest BCUT2D eigenvalue weighted by Crippen LogP contribution is -2.12. The molecule has 2 aromatic carbocycles. The van der Waals surface area contributed by atoms with Crippen LogP contribution in [0.1, 0.15) is 21.5 Å². The lowest BCUT2D eigenvalue weighted by atomic mass is 10.1. The maximum Gasteiger partial charge on any atom is 0.273 e. The fourth-order valence-corrected chi connectivity index (χ4v) is 3.14. The van der Waals surface area contributed by atoms with E-state index >= 15 is 0 Å². The Balaban J connectivity index is 1.82. The van der Waals surface area contributed by atoms with E-state index in [4.69, 9.17) is 0 Å². The number of amides is 1. The van der Waals surface area contributed by atoms with E-state index in [1.807, 2.05) is 36.6 Å². The Hall–Kier alpha value is -3.06. The quantitative estimate of drug-likeness (QED) is 0.549. The minimum atomic E-state index is -0.494. The van der Waals surface area contributed by atoms with Crippen LogP contribution in [0.2, 0.25) is 0 Å². The lowest BCUT2D eigenvalue weighted by Gasteiger charge is -2.04. The van der Waals surface area contributed by atoms with Crippen LogP contribution in [0.25, 0.3) is 11.3 Å². The summed E-state index contributed by atoms with van der Waals surface area (Å²) in [6, 6.07) is 12.3. The molecule has 0 aliphatic heterocycles. The monoisotopic (exact) mass is 353 g/mol. The molecule has 0 unspecified atom stereocenters. The highest BCUT2D eigenvalue weighted by Crippen LogP contribution is 2.28. The highest BCUT2D eigenvalue weighted by atomic mass is 32.1. The third kappa shape index (κ3) is 3.56. The number of nitro groups is 1. The van der Waals surface area contributed by atoms with Gasteiger partial charge in [0.2, 0.25) is 0 Å². The predicted octanol–water partition coefficient (Wildman–Crippen LogP) is 4.59. The fourth-order valence-electron chi connectivity index (χ4n) is 2.43. The zero-order valence-corrected chi connectivity index (χ0v) is 14.5. The Morgan fingerprint density at radius 1 is 1.16 bits per heavy atom. The normalized spacial score (nSPS) is 10.5. The van der Waals surface area contributed by atoms with Crippen LogP contribution in [-0.4, -0.2) is 15.8 Å². The number of nitrogens with one attached hydrogen (secondary N) is 1. The third-order valence-electron chi connectivity index (χ3n) is 3.81. The second-order valence-corrected chi connectivity index (χ2v) is 6.42. The number of aryl methyl sites for hydroxylation is 2. The van der Waals surface area contributed by atoms with Crippen molar-refractivity contribution < 1.29 is 9.72 Å². The van der Waals surface area contributed by atoms with E-state index in [1.165, 1.54) is 17.4 Å². The Labute approximate surface area is 148 Å². The molecule has 0 atom stereocenters. The van der Waals surface area contributed by atoms with Gasteiger partial charge in [-0.3, -0.25) is 20.2 Å². The summed E-state index contributed by atoms with van der Waals surface area (Å²) in [5.41, 5.74) is 3.55. The van der Waals surface area contributed by atoms with Gasteiger partial charge in [0.05, 0.1) is 10.6 Å². The maximum absolute atomic E-state index is 12.3. The summed E-state index contributed by atoms with van der Waals surface area (Å²) in [6.07, 6.45) is 0. The van der Waals surface area contributed by atoms with Crippen molar-refractivity contribution in [2.45, 2.75) is 13.8 Å². The minimum Gasteiger partial charge on any atom is -0.298 e. The van der Waals surface area contributed by atoms with Crippen LogP contribution < -0.4 is 5.32 Å². The molecule has 7 heteroatoms. The Morgan fingerprint density at radius 3 is 2.64 bits per heavy atom. The van der Waals surface area contributed by atoms with Gasteiger partial charge in [-0.15, -0.1) is 11.3 Å². The van der Waals surface area contributed by atoms with Crippen LogP contribution in [0.5, 0.6) is 0 Å². The molecule has 126 valence electrons. The second-order valence-electron chi connectivity index (χ2n) is 5.57. The van der Waals surface area contributed by atoms with Crippen LogP contribution in [0.15, 0.2) is 47.8 Å². The molecule has 0 saturated carbocycles. The Bertz CT molecular complexity index is 966. The smallest absolute Gasteiger partial charge is 0.273 e. The summed E-state index contributed by atoms with van der Waals surface area (Å²) in [7, 11) is 0. The van der Waals surface area contributed by atoms with Crippen molar-refractivity contribution in [3.63, 3.8) is 0 Å².